The summed E-state index contributed by atoms with van der Waals surface area (Å²) in [6.07, 6.45) is 1.59. The molecule has 6 heteroatoms. The fourth-order valence-electron chi connectivity index (χ4n) is 1.91. The van der Waals surface area contributed by atoms with E-state index in [0.717, 1.165) is 12.0 Å². The predicted octanol–water partition coefficient (Wildman–Crippen LogP) is 3.14. The lowest BCUT2D eigenvalue weighted by Crippen LogP contribution is -2.25. The highest BCUT2D eigenvalue weighted by Crippen LogP contribution is 2.11. The summed E-state index contributed by atoms with van der Waals surface area (Å²) in [6.45, 7) is 4.59. The molecule has 1 amide bonds. The molecule has 0 radical (unpaired) electrons. The fourth-order valence-corrected chi connectivity index (χ4v) is 2.04. The predicted molar refractivity (Wildman–Crippen MR) is 84.9 cm³/mol. The smallest absolute Gasteiger partial charge is 0.227 e. The number of hydrogen-bond donors (Lipinski definition) is 1. The second kappa shape index (κ2) is 7.94. The van der Waals surface area contributed by atoms with E-state index >= 15 is 0 Å². The van der Waals surface area contributed by atoms with Crippen molar-refractivity contribution in [3.05, 3.63) is 46.6 Å². The van der Waals surface area contributed by atoms with Crippen molar-refractivity contribution in [1.29, 1.82) is 0 Å². The van der Waals surface area contributed by atoms with Crippen LogP contribution < -0.4 is 5.32 Å². The maximum atomic E-state index is 11.8. The van der Waals surface area contributed by atoms with Crippen molar-refractivity contribution in [3.8, 4) is 0 Å². The molecule has 1 heterocycles. The number of aryl methyl sites for hydroxylation is 1. The fraction of sp³-hybridized carbons (Fsp3) is 0.438. The zero-order valence-corrected chi connectivity index (χ0v) is 13.6. The van der Waals surface area contributed by atoms with Gasteiger partial charge in [0.1, 0.15) is 0 Å². The maximum absolute atomic E-state index is 11.8. The molecule has 1 aromatic carbocycles. The zero-order valence-electron chi connectivity index (χ0n) is 12.8. The summed E-state index contributed by atoms with van der Waals surface area (Å²) in [7, 11) is 0. The third kappa shape index (κ3) is 5.15. The Morgan fingerprint density at radius 1 is 1.27 bits per heavy atom. The van der Waals surface area contributed by atoms with E-state index in [0.29, 0.717) is 36.1 Å². The number of nitrogens with one attached hydrogen (secondary N) is 1. The molecule has 118 valence electrons. The average molecular weight is 322 g/mol. The summed E-state index contributed by atoms with van der Waals surface area (Å²) in [5.74, 6) is 1.40. The summed E-state index contributed by atoms with van der Waals surface area (Å²) in [6, 6.07) is 7.61. The standard InChI is InChI=1S/C16H20ClN3O2/c1-11(2)16-19-15(22-20-16)8-7-14(21)18-10-9-12-3-5-13(17)6-4-12/h3-6,11H,7-10H2,1-2H3,(H,18,21). The summed E-state index contributed by atoms with van der Waals surface area (Å²) >= 11 is 5.83. The molecule has 0 saturated heterocycles. The monoisotopic (exact) mass is 321 g/mol. The van der Waals surface area contributed by atoms with E-state index in [1.165, 1.54) is 0 Å². The van der Waals surface area contributed by atoms with Crippen LogP contribution in [0.25, 0.3) is 0 Å². The van der Waals surface area contributed by atoms with Gasteiger partial charge in [0, 0.05) is 30.3 Å². The Hall–Kier alpha value is -1.88. The maximum Gasteiger partial charge on any atom is 0.227 e. The molecular weight excluding hydrogens is 302 g/mol. The third-order valence-electron chi connectivity index (χ3n) is 3.22. The van der Waals surface area contributed by atoms with Gasteiger partial charge in [0.05, 0.1) is 0 Å². The summed E-state index contributed by atoms with van der Waals surface area (Å²) in [4.78, 5) is 16.0. The zero-order chi connectivity index (χ0) is 15.9. The number of carbonyl (C=O) groups is 1. The van der Waals surface area contributed by atoms with Crippen LogP contribution in [0.1, 0.15) is 43.5 Å². The second-order valence-corrected chi connectivity index (χ2v) is 5.86. The van der Waals surface area contributed by atoms with Gasteiger partial charge in [-0.15, -0.1) is 0 Å². The number of halogens is 1. The third-order valence-corrected chi connectivity index (χ3v) is 3.47. The number of carbonyl (C=O) groups excluding carboxylic acids is 1. The van der Waals surface area contributed by atoms with Crippen LogP contribution in [-0.4, -0.2) is 22.6 Å². The van der Waals surface area contributed by atoms with Crippen LogP contribution in [0.2, 0.25) is 5.02 Å². The molecule has 0 saturated carbocycles. The van der Waals surface area contributed by atoms with Crippen LogP contribution >= 0.6 is 11.6 Å². The minimum Gasteiger partial charge on any atom is -0.356 e. The Morgan fingerprint density at radius 2 is 2.00 bits per heavy atom. The van der Waals surface area contributed by atoms with Gasteiger partial charge in [-0.1, -0.05) is 42.7 Å². The lowest BCUT2D eigenvalue weighted by Gasteiger charge is -2.04. The van der Waals surface area contributed by atoms with E-state index < -0.39 is 0 Å². The van der Waals surface area contributed by atoms with Crippen LogP contribution in [0, 0.1) is 0 Å². The van der Waals surface area contributed by atoms with Crippen LogP contribution in [0.15, 0.2) is 28.8 Å². The molecule has 2 aromatic rings. The van der Waals surface area contributed by atoms with Crippen molar-refractivity contribution in [2.75, 3.05) is 6.54 Å². The van der Waals surface area contributed by atoms with Crippen molar-refractivity contribution in [1.82, 2.24) is 15.5 Å². The van der Waals surface area contributed by atoms with E-state index in [4.69, 9.17) is 16.1 Å². The first-order valence-corrected chi connectivity index (χ1v) is 7.76. The molecule has 5 nitrogen and oxygen atoms in total. The Bertz CT molecular complexity index is 608. The van der Waals surface area contributed by atoms with Gasteiger partial charge in [-0.2, -0.15) is 4.98 Å². The normalized spacial score (nSPS) is 10.9. The summed E-state index contributed by atoms with van der Waals surface area (Å²) < 4.78 is 5.11. The van der Waals surface area contributed by atoms with Crippen LogP contribution in [-0.2, 0) is 17.6 Å². The van der Waals surface area contributed by atoms with Gasteiger partial charge < -0.3 is 9.84 Å². The SMILES string of the molecule is CC(C)c1noc(CCC(=O)NCCc2ccc(Cl)cc2)n1. The summed E-state index contributed by atoms with van der Waals surface area (Å²) in [5, 5.41) is 7.47. The largest absolute Gasteiger partial charge is 0.356 e. The van der Waals surface area contributed by atoms with Crippen LogP contribution in [0.4, 0.5) is 0 Å². The number of rotatable bonds is 7. The minimum absolute atomic E-state index is 0.0155. The van der Waals surface area contributed by atoms with Gasteiger partial charge in [-0.3, -0.25) is 4.79 Å². The van der Waals surface area contributed by atoms with Crippen LogP contribution in [0.5, 0.6) is 0 Å². The van der Waals surface area contributed by atoms with E-state index in [1.807, 2.05) is 38.1 Å². The molecule has 0 aliphatic rings. The molecule has 0 spiro atoms. The second-order valence-electron chi connectivity index (χ2n) is 5.43. The Morgan fingerprint density at radius 3 is 2.64 bits per heavy atom. The average Bonchev–Trinajstić information content (AvgIpc) is 2.96. The lowest BCUT2D eigenvalue weighted by atomic mass is 10.1. The van der Waals surface area contributed by atoms with Crippen molar-refractivity contribution in [2.45, 2.75) is 39.0 Å². The number of benzene rings is 1. The number of nitrogens with zero attached hydrogens (tertiary/aromatic N) is 2. The quantitative estimate of drug-likeness (QED) is 0.850. The van der Waals surface area contributed by atoms with E-state index in [1.54, 1.807) is 0 Å². The molecule has 0 aliphatic carbocycles. The highest BCUT2D eigenvalue weighted by molar-refractivity contribution is 6.30. The van der Waals surface area contributed by atoms with Crippen molar-refractivity contribution >= 4 is 17.5 Å². The number of hydrogen-bond acceptors (Lipinski definition) is 4. The number of amides is 1. The first-order valence-electron chi connectivity index (χ1n) is 7.38. The highest BCUT2D eigenvalue weighted by Gasteiger charge is 2.11. The molecule has 0 fully saturated rings. The topological polar surface area (TPSA) is 68.0 Å². The first kappa shape index (κ1) is 16.5. The molecule has 1 aromatic heterocycles. The van der Waals surface area contributed by atoms with Gasteiger partial charge in [0.25, 0.3) is 0 Å². The molecule has 2 rings (SSSR count). The van der Waals surface area contributed by atoms with Gasteiger partial charge >= 0.3 is 0 Å². The molecule has 0 aliphatic heterocycles. The van der Waals surface area contributed by atoms with Gasteiger partial charge in [0.2, 0.25) is 11.8 Å². The molecule has 0 atom stereocenters. The van der Waals surface area contributed by atoms with Gasteiger partial charge in [0.15, 0.2) is 5.82 Å². The number of aromatic nitrogens is 2. The van der Waals surface area contributed by atoms with E-state index in [2.05, 4.69) is 15.5 Å². The Labute approximate surface area is 135 Å². The summed E-state index contributed by atoms with van der Waals surface area (Å²) in [5.41, 5.74) is 1.14. The molecule has 0 unspecified atom stereocenters. The highest BCUT2D eigenvalue weighted by atomic mass is 35.5. The van der Waals surface area contributed by atoms with Crippen molar-refractivity contribution in [3.63, 3.8) is 0 Å². The molecule has 1 N–H and O–H groups in total. The minimum atomic E-state index is -0.0155. The van der Waals surface area contributed by atoms with E-state index in [-0.39, 0.29) is 11.8 Å². The van der Waals surface area contributed by atoms with Crippen molar-refractivity contribution in [2.24, 2.45) is 0 Å². The lowest BCUT2D eigenvalue weighted by molar-refractivity contribution is -0.121. The Kier molecular flexibility index (Phi) is 5.95. The van der Waals surface area contributed by atoms with Gasteiger partial charge in [-0.05, 0) is 24.1 Å². The van der Waals surface area contributed by atoms with E-state index in [9.17, 15) is 4.79 Å². The molecule has 0 bridgehead atoms. The Balaban J connectivity index is 1.68. The first-order chi connectivity index (χ1) is 10.5. The molecule has 22 heavy (non-hydrogen) atoms. The molecular formula is C16H20ClN3O2. The van der Waals surface area contributed by atoms with Gasteiger partial charge in [-0.25, -0.2) is 0 Å². The van der Waals surface area contributed by atoms with Crippen LogP contribution in [0.3, 0.4) is 0 Å². The van der Waals surface area contributed by atoms with Crippen molar-refractivity contribution < 1.29 is 9.32 Å².